The van der Waals surface area contributed by atoms with Crippen molar-refractivity contribution in [3.05, 3.63) is 89.5 Å². The Morgan fingerprint density at radius 1 is 0.812 bits per heavy atom. The zero-order valence-corrected chi connectivity index (χ0v) is 17.5. The molecule has 2 N–H and O–H groups in total. The van der Waals surface area contributed by atoms with Crippen molar-refractivity contribution in [3.63, 3.8) is 0 Å². The molecule has 0 aliphatic heterocycles. The van der Waals surface area contributed by atoms with Gasteiger partial charge in [-0.1, -0.05) is 17.7 Å². The van der Waals surface area contributed by atoms with Crippen LogP contribution in [-0.2, 0) is 9.59 Å². The van der Waals surface area contributed by atoms with Gasteiger partial charge in [0.25, 0.3) is 0 Å². The third kappa shape index (κ3) is 6.27. The lowest BCUT2D eigenvalue weighted by molar-refractivity contribution is -0.136. The van der Waals surface area contributed by atoms with Crippen molar-refractivity contribution in [3.8, 4) is 11.5 Å². The lowest BCUT2D eigenvalue weighted by Crippen LogP contribution is -2.32. The first-order valence-corrected chi connectivity index (χ1v) is 9.62. The molecule has 3 aromatic rings. The number of hydrogen-bond acceptors (Lipinski definition) is 6. The minimum absolute atomic E-state index is 0.371. The number of hydrazone groups is 1. The van der Waals surface area contributed by atoms with Gasteiger partial charge >= 0.3 is 17.8 Å². The maximum Gasteiger partial charge on any atom is 0.343 e. The van der Waals surface area contributed by atoms with Crippen LogP contribution in [0.15, 0.2) is 77.9 Å². The van der Waals surface area contributed by atoms with E-state index in [1.54, 1.807) is 60.7 Å². The second-order valence-electron chi connectivity index (χ2n) is 6.71. The van der Waals surface area contributed by atoms with Crippen molar-refractivity contribution in [2.75, 3.05) is 12.4 Å². The number of methoxy groups -OCH3 is 1. The molecule has 0 aromatic heterocycles. The summed E-state index contributed by atoms with van der Waals surface area (Å²) in [7, 11) is 1.53. The number of nitrogens with one attached hydrogen (secondary N) is 2. The van der Waals surface area contributed by atoms with E-state index in [0.717, 1.165) is 5.56 Å². The molecule has 162 valence electrons. The van der Waals surface area contributed by atoms with Crippen LogP contribution in [-0.4, -0.2) is 31.1 Å². The molecule has 0 bridgehead atoms. The van der Waals surface area contributed by atoms with E-state index in [1.165, 1.54) is 13.3 Å². The summed E-state index contributed by atoms with van der Waals surface area (Å²) >= 11 is 0. The van der Waals surface area contributed by atoms with Gasteiger partial charge in [-0.15, -0.1) is 0 Å². The SMILES string of the molecule is COc1ccc(NC(=O)C(=O)N/N=C\c2ccc(OC(=O)c3ccc(C)cc3)cc2)cc1. The number of hydrogen-bond donors (Lipinski definition) is 2. The Kier molecular flexibility index (Phi) is 7.32. The standard InChI is InChI=1S/C24H21N3O5/c1-16-3-7-18(8-4-16)24(30)32-21-11-5-17(6-12-21)15-25-27-23(29)22(28)26-19-9-13-20(31-2)14-10-19/h3-15H,1-2H3,(H,26,28)(H,27,29)/b25-15-. The molecule has 0 heterocycles. The fraction of sp³-hybridized carbons (Fsp3) is 0.0833. The van der Waals surface area contributed by atoms with Gasteiger partial charge in [0.15, 0.2) is 0 Å². The smallest absolute Gasteiger partial charge is 0.343 e. The molecule has 3 aromatic carbocycles. The zero-order valence-electron chi connectivity index (χ0n) is 17.5. The number of aryl methyl sites for hydroxylation is 1. The van der Waals surface area contributed by atoms with Crippen LogP contribution in [0.2, 0.25) is 0 Å². The fourth-order valence-corrected chi connectivity index (χ4v) is 2.56. The quantitative estimate of drug-likeness (QED) is 0.205. The van der Waals surface area contributed by atoms with Crippen molar-refractivity contribution in [1.29, 1.82) is 0 Å². The number of nitrogens with zero attached hydrogens (tertiary/aromatic N) is 1. The number of anilines is 1. The molecule has 0 unspecified atom stereocenters. The minimum Gasteiger partial charge on any atom is -0.497 e. The van der Waals surface area contributed by atoms with Crippen LogP contribution in [0.5, 0.6) is 11.5 Å². The molecule has 2 amide bonds. The van der Waals surface area contributed by atoms with E-state index in [4.69, 9.17) is 9.47 Å². The maximum atomic E-state index is 12.1. The summed E-state index contributed by atoms with van der Waals surface area (Å²) < 4.78 is 10.4. The molecular formula is C24H21N3O5. The second-order valence-corrected chi connectivity index (χ2v) is 6.71. The fourth-order valence-electron chi connectivity index (χ4n) is 2.56. The number of esters is 1. The molecule has 0 radical (unpaired) electrons. The summed E-state index contributed by atoms with van der Waals surface area (Å²) in [5.74, 6) is -1.23. The van der Waals surface area contributed by atoms with Gasteiger partial charge in [-0.3, -0.25) is 9.59 Å². The summed E-state index contributed by atoms with van der Waals surface area (Å²) in [6.07, 6.45) is 1.37. The molecule has 0 saturated heterocycles. The second kappa shape index (κ2) is 10.5. The van der Waals surface area contributed by atoms with Crippen molar-refractivity contribution in [2.45, 2.75) is 6.92 Å². The third-order valence-electron chi connectivity index (χ3n) is 4.31. The maximum absolute atomic E-state index is 12.1. The topological polar surface area (TPSA) is 106 Å². The first-order valence-electron chi connectivity index (χ1n) is 9.62. The molecule has 0 saturated carbocycles. The van der Waals surface area contributed by atoms with Gasteiger partial charge in [0, 0.05) is 5.69 Å². The largest absolute Gasteiger partial charge is 0.497 e. The van der Waals surface area contributed by atoms with Crippen molar-refractivity contribution in [1.82, 2.24) is 5.43 Å². The lowest BCUT2D eigenvalue weighted by Gasteiger charge is -2.05. The number of carbonyl (C=O) groups excluding carboxylic acids is 3. The molecule has 0 aliphatic rings. The molecule has 8 heteroatoms. The van der Waals surface area contributed by atoms with Gasteiger partial charge in [-0.2, -0.15) is 5.10 Å². The summed E-state index contributed by atoms with van der Waals surface area (Å²) in [4.78, 5) is 35.9. The van der Waals surface area contributed by atoms with Crippen molar-refractivity contribution < 1.29 is 23.9 Å². The number of benzene rings is 3. The van der Waals surface area contributed by atoms with Crippen LogP contribution >= 0.6 is 0 Å². The van der Waals surface area contributed by atoms with Crippen LogP contribution in [0.4, 0.5) is 5.69 Å². The van der Waals surface area contributed by atoms with Crippen molar-refractivity contribution >= 4 is 29.7 Å². The molecular weight excluding hydrogens is 410 g/mol. The number of rotatable bonds is 6. The average Bonchev–Trinajstić information content (AvgIpc) is 2.81. The highest BCUT2D eigenvalue weighted by atomic mass is 16.5. The number of amides is 2. The van der Waals surface area contributed by atoms with Gasteiger partial charge in [-0.05, 0) is 73.2 Å². The van der Waals surface area contributed by atoms with Crippen LogP contribution in [0.1, 0.15) is 21.5 Å². The Morgan fingerprint density at radius 3 is 2.06 bits per heavy atom. The van der Waals surface area contributed by atoms with Gasteiger partial charge in [0.2, 0.25) is 0 Å². The lowest BCUT2D eigenvalue weighted by atomic mass is 10.1. The first-order chi connectivity index (χ1) is 15.4. The molecule has 32 heavy (non-hydrogen) atoms. The summed E-state index contributed by atoms with van der Waals surface area (Å²) in [5, 5.41) is 6.22. The van der Waals surface area contributed by atoms with Crippen LogP contribution in [0.3, 0.4) is 0 Å². The highest BCUT2D eigenvalue weighted by Gasteiger charge is 2.13. The highest BCUT2D eigenvalue weighted by Crippen LogP contribution is 2.15. The Balaban J connectivity index is 1.49. The van der Waals surface area contributed by atoms with E-state index in [9.17, 15) is 14.4 Å². The molecule has 0 atom stereocenters. The third-order valence-corrected chi connectivity index (χ3v) is 4.31. The number of carbonyl (C=O) groups is 3. The van der Waals surface area contributed by atoms with E-state index in [0.29, 0.717) is 28.3 Å². The first kappa shape index (κ1) is 22.2. The predicted octanol–water partition coefficient (Wildman–Crippen LogP) is 3.31. The van der Waals surface area contributed by atoms with E-state index in [1.807, 2.05) is 19.1 Å². The Morgan fingerprint density at radius 2 is 1.44 bits per heavy atom. The summed E-state index contributed by atoms with van der Waals surface area (Å²) in [6, 6.07) is 20.1. The highest BCUT2D eigenvalue weighted by molar-refractivity contribution is 6.39. The molecule has 8 nitrogen and oxygen atoms in total. The summed E-state index contributed by atoms with van der Waals surface area (Å²) in [6.45, 7) is 1.94. The molecule has 0 aliphatic carbocycles. The average molecular weight is 431 g/mol. The van der Waals surface area contributed by atoms with Gasteiger partial charge in [-0.25, -0.2) is 10.2 Å². The number of ether oxygens (including phenoxy) is 2. The summed E-state index contributed by atoms with van der Waals surface area (Å²) in [5.41, 5.74) is 4.75. The minimum atomic E-state index is -0.916. The van der Waals surface area contributed by atoms with Crippen LogP contribution in [0, 0.1) is 6.92 Å². The predicted molar refractivity (Wildman–Crippen MR) is 120 cm³/mol. The molecule has 3 rings (SSSR count). The monoisotopic (exact) mass is 431 g/mol. The van der Waals surface area contributed by atoms with Gasteiger partial charge in [0.05, 0.1) is 18.9 Å². The van der Waals surface area contributed by atoms with Crippen molar-refractivity contribution in [2.24, 2.45) is 5.10 Å². The Bertz CT molecular complexity index is 1120. The zero-order chi connectivity index (χ0) is 22.9. The van der Waals surface area contributed by atoms with Gasteiger partial charge < -0.3 is 14.8 Å². The van der Waals surface area contributed by atoms with E-state index >= 15 is 0 Å². The van der Waals surface area contributed by atoms with Gasteiger partial charge in [0.1, 0.15) is 11.5 Å². The van der Waals surface area contributed by atoms with E-state index in [-0.39, 0.29) is 0 Å². The van der Waals surface area contributed by atoms with E-state index in [2.05, 4.69) is 15.8 Å². The normalized spacial score (nSPS) is 10.4. The van der Waals surface area contributed by atoms with Crippen LogP contribution < -0.4 is 20.2 Å². The van der Waals surface area contributed by atoms with Crippen LogP contribution in [0.25, 0.3) is 0 Å². The molecule has 0 fully saturated rings. The Hall–Kier alpha value is -4.46. The van der Waals surface area contributed by atoms with E-state index < -0.39 is 17.8 Å². The molecule has 0 spiro atoms. The Labute approximate surface area is 184 Å².